The van der Waals surface area contributed by atoms with Gasteiger partial charge in [-0.05, 0) is 29.3 Å². The standard InChI is InChI=1S/C26H25F2N5O4/c1-36-16-23-21(26(35)30-11-22-24(37-17-27)3-2-10-29-22)15-33(31-23)13-19-6-4-18(5-7-19)12-32-14-20(28)8-9-25(32)34/h2-10,14-15H,11-13,16-17H2,1H3,(H,30,35). The summed E-state index contributed by atoms with van der Waals surface area (Å²) in [7, 11) is 1.51. The topological polar surface area (TPSA) is 100 Å². The number of rotatable bonds is 11. The van der Waals surface area contributed by atoms with Gasteiger partial charge in [0.2, 0.25) is 6.86 Å². The number of pyridine rings is 2. The van der Waals surface area contributed by atoms with Crippen molar-refractivity contribution in [3.05, 3.63) is 111 Å². The van der Waals surface area contributed by atoms with Crippen LogP contribution in [0.2, 0.25) is 0 Å². The third kappa shape index (κ3) is 6.64. The maximum absolute atomic E-state index is 13.5. The molecule has 1 N–H and O–H groups in total. The van der Waals surface area contributed by atoms with Gasteiger partial charge in [-0.15, -0.1) is 0 Å². The zero-order valence-corrected chi connectivity index (χ0v) is 20.1. The highest BCUT2D eigenvalue weighted by molar-refractivity contribution is 5.95. The third-order valence-electron chi connectivity index (χ3n) is 5.51. The highest BCUT2D eigenvalue weighted by atomic mass is 19.1. The fourth-order valence-corrected chi connectivity index (χ4v) is 3.74. The van der Waals surface area contributed by atoms with Crippen molar-refractivity contribution in [2.45, 2.75) is 26.2 Å². The van der Waals surface area contributed by atoms with Gasteiger partial charge in [0.05, 0.1) is 31.8 Å². The first-order valence-corrected chi connectivity index (χ1v) is 11.4. The van der Waals surface area contributed by atoms with Crippen LogP contribution in [-0.4, -0.2) is 39.2 Å². The van der Waals surface area contributed by atoms with Gasteiger partial charge < -0.3 is 19.4 Å². The van der Waals surface area contributed by atoms with Crippen LogP contribution in [-0.2, 0) is 31.0 Å². The first-order valence-electron chi connectivity index (χ1n) is 11.4. The van der Waals surface area contributed by atoms with Gasteiger partial charge in [-0.2, -0.15) is 5.10 Å². The van der Waals surface area contributed by atoms with Crippen LogP contribution in [0.1, 0.15) is 32.9 Å². The predicted molar refractivity (Wildman–Crippen MR) is 130 cm³/mol. The Kier molecular flexibility index (Phi) is 8.37. The maximum atomic E-state index is 13.5. The van der Waals surface area contributed by atoms with E-state index >= 15 is 0 Å². The van der Waals surface area contributed by atoms with Gasteiger partial charge >= 0.3 is 0 Å². The van der Waals surface area contributed by atoms with E-state index in [2.05, 4.69) is 15.4 Å². The van der Waals surface area contributed by atoms with Crippen molar-refractivity contribution in [2.24, 2.45) is 0 Å². The Morgan fingerprint density at radius 2 is 1.78 bits per heavy atom. The summed E-state index contributed by atoms with van der Waals surface area (Å²) < 4.78 is 39.1. The number of carbonyl (C=O) groups is 1. The molecule has 3 aromatic heterocycles. The second-order valence-electron chi connectivity index (χ2n) is 8.13. The van der Waals surface area contributed by atoms with E-state index in [4.69, 9.17) is 9.47 Å². The van der Waals surface area contributed by atoms with Gasteiger partial charge in [0.15, 0.2) is 0 Å². The highest BCUT2D eigenvalue weighted by Crippen LogP contribution is 2.16. The van der Waals surface area contributed by atoms with Crippen LogP contribution >= 0.6 is 0 Å². The van der Waals surface area contributed by atoms with Gasteiger partial charge in [-0.3, -0.25) is 19.3 Å². The molecular formula is C26H25F2N5O4. The number of alkyl halides is 1. The molecule has 0 fully saturated rings. The van der Waals surface area contributed by atoms with E-state index in [1.807, 2.05) is 24.3 Å². The summed E-state index contributed by atoms with van der Waals surface area (Å²) in [6, 6.07) is 13.0. The van der Waals surface area contributed by atoms with E-state index in [9.17, 15) is 18.4 Å². The molecule has 0 aliphatic heterocycles. The molecular weight excluding hydrogens is 484 g/mol. The summed E-state index contributed by atoms with van der Waals surface area (Å²) in [6.45, 7) is -0.185. The molecule has 1 aromatic carbocycles. The zero-order chi connectivity index (χ0) is 26.2. The molecule has 0 unspecified atom stereocenters. The number of hydrogen-bond donors (Lipinski definition) is 1. The number of ether oxygens (including phenoxy) is 2. The number of nitrogens with one attached hydrogen (secondary N) is 1. The zero-order valence-electron chi connectivity index (χ0n) is 20.1. The predicted octanol–water partition coefficient (Wildman–Crippen LogP) is 3.06. The molecule has 0 radical (unpaired) electrons. The van der Waals surface area contributed by atoms with E-state index in [-0.39, 0.29) is 36.9 Å². The van der Waals surface area contributed by atoms with Crippen molar-refractivity contribution in [3.63, 3.8) is 0 Å². The molecule has 0 aliphatic rings. The molecule has 0 saturated heterocycles. The van der Waals surface area contributed by atoms with Gasteiger partial charge in [0.25, 0.3) is 11.5 Å². The second kappa shape index (κ2) is 12.0. The fraction of sp³-hybridized carbons (Fsp3) is 0.231. The Labute approximate surface area is 211 Å². The van der Waals surface area contributed by atoms with Crippen molar-refractivity contribution < 1.29 is 23.0 Å². The first kappa shape index (κ1) is 25.7. The van der Waals surface area contributed by atoms with Crippen molar-refractivity contribution >= 4 is 5.91 Å². The normalized spacial score (nSPS) is 10.9. The van der Waals surface area contributed by atoms with Crippen molar-refractivity contribution in [2.75, 3.05) is 14.0 Å². The van der Waals surface area contributed by atoms with Crippen molar-refractivity contribution in [1.29, 1.82) is 0 Å². The third-order valence-corrected chi connectivity index (χ3v) is 5.51. The highest BCUT2D eigenvalue weighted by Gasteiger charge is 2.17. The second-order valence-corrected chi connectivity index (χ2v) is 8.13. The number of carbonyl (C=O) groups excluding carboxylic acids is 1. The lowest BCUT2D eigenvalue weighted by molar-refractivity contribution is 0.0944. The lowest BCUT2D eigenvalue weighted by Gasteiger charge is -2.09. The van der Waals surface area contributed by atoms with Crippen LogP contribution in [0.3, 0.4) is 0 Å². The molecule has 11 heteroatoms. The van der Waals surface area contributed by atoms with Crippen LogP contribution in [0.5, 0.6) is 5.75 Å². The molecule has 0 saturated carbocycles. The number of methoxy groups -OCH3 is 1. The minimum Gasteiger partial charge on any atom is -0.461 e. The summed E-state index contributed by atoms with van der Waals surface area (Å²) in [4.78, 5) is 29.0. The van der Waals surface area contributed by atoms with Gasteiger partial charge in [-0.1, -0.05) is 24.3 Å². The molecule has 0 aliphatic carbocycles. The SMILES string of the molecule is COCc1nn(Cc2ccc(Cn3cc(F)ccc3=O)cc2)cc1C(=O)NCc1ncccc1OCF. The summed E-state index contributed by atoms with van der Waals surface area (Å²) in [5.41, 5.74) is 2.66. The van der Waals surface area contributed by atoms with Gasteiger partial charge in [0.1, 0.15) is 23.0 Å². The number of nitrogens with zero attached hydrogens (tertiary/aromatic N) is 4. The van der Waals surface area contributed by atoms with E-state index in [0.29, 0.717) is 23.5 Å². The molecule has 0 atom stereocenters. The summed E-state index contributed by atoms with van der Waals surface area (Å²) >= 11 is 0. The van der Waals surface area contributed by atoms with Crippen LogP contribution < -0.4 is 15.6 Å². The summed E-state index contributed by atoms with van der Waals surface area (Å²) in [5.74, 6) is -0.606. The number of amides is 1. The Morgan fingerprint density at radius 3 is 2.51 bits per heavy atom. The van der Waals surface area contributed by atoms with Gasteiger partial charge in [0, 0.05) is 31.8 Å². The molecule has 4 rings (SSSR count). The Morgan fingerprint density at radius 1 is 1.03 bits per heavy atom. The molecule has 9 nitrogen and oxygen atoms in total. The monoisotopic (exact) mass is 509 g/mol. The number of hydrogen-bond acceptors (Lipinski definition) is 6. The van der Waals surface area contributed by atoms with Crippen LogP contribution in [0.4, 0.5) is 8.78 Å². The Balaban J connectivity index is 1.44. The van der Waals surface area contributed by atoms with Crippen LogP contribution in [0.25, 0.3) is 0 Å². The number of halogens is 2. The number of aromatic nitrogens is 4. The lowest BCUT2D eigenvalue weighted by Crippen LogP contribution is -2.24. The fourth-order valence-electron chi connectivity index (χ4n) is 3.74. The van der Waals surface area contributed by atoms with Gasteiger partial charge in [-0.25, -0.2) is 8.78 Å². The lowest BCUT2D eigenvalue weighted by atomic mass is 10.1. The Bertz CT molecular complexity index is 1420. The van der Waals surface area contributed by atoms with Crippen LogP contribution in [0, 0.1) is 5.82 Å². The summed E-state index contributed by atoms with van der Waals surface area (Å²) in [6.07, 6.45) is 4.33. The van der Waals surface area contributed by atoms with Crippen LogP contribution in [0.15, 0.2) is 71.9 Å². The van der Waals surface area contributed by atoms with Crippen molar-refractivity contribution in [3.8, 4) is 5.75 Å². The average molecular weight is 510 g/mol. The first-order chi connectivity index (χ1) is 18.0. The molecule has 37 heavy (non-hydrogen) atoms. The molecule has 0 bridgehead atoms. The average Bonchev–Trinajstić information content (AvgIpc) is 3.29. The quantitative estimate of drug-likeness (QED) is 0.334. The Hall–Kier alpha value is -4.38. The van der Waals surface area contributed by atoms with E-state index in [1.54, 1.807) is 23.0 Å². The number of benzene rings is 1. The van der Waals surface area contributed by atoms with E-state index in [1.165, 1.54) is 30.1 Å². The van der Waals surface area contributed by atoms with E-state index < -0.39 is 12.7 Å². The smallest absolute Gasteiger partial charge is 0.255 e. The maximum Gasteiger partial charge on any atom is 0.255 e. The minimum absolute atomic E-state index is 0.0441. The van der Waals surface area contributed by atoms with E-state index in [0.717, 1.165) is 17.2 Å². The molecule has 192 valence electrons. The molecule has 4 aromatic rings. The molecule has 1 amide bonds. The molecule has 0 spiro atoms. The largest absolute Gasteiger partial charge is 0.461 e. The minimum atomic E-state index is -0.998. The summed E-state index contributed by atoms with van der Waals surface area (Å²) in [5, 5.41) is 7.25. The molecule has 3 heterocycles. The van der Waals surface area contributed by atoms with Crippen molar-refractivity contribution in [1.82, 2.24) is 24.6 Å².